The number of halogens is 1. The third-order valence-corrected chi connectivity index (χ3v) is 6.57. The van der Waals surface area contributed by atoms with E-state index in [-0.39, 0.29) is 12.1 Å². The van der Waals surface area contributed by atoms with Crippen molar-refractivity contribution in [1.82, 2.24) is 19.6 Å². The van der Waals surface area contributed by atoms with E-state index in [9.17, 15) is 14.3 Å². The minimum absolute atomic E-state index is 0.0966. The van der Waals surface area contributed by atoms with Crippen LogP contribution < -0.4 is 4.90 Å². The zero-order valence-electron chi connectivity index (χ0n) is 19.0. The summed E-state index contributed by atoms with van der Waals surface area (Å²) in [7, 11) is 1.85. The summed E-state index contributed by atoms with van der Waals surface area (Å²) >= 11 is 0. The van der Waals surface area contributed by atoms with Crippen molar-refractivity contribution < 1.29 is 14.3 Å². The van der Waals surface area contributed by atoms with Gasteiger partial charge < -0.3 is 14.6 Å². The third kappa shape index (κ3) is 3.33. The largest absolute Gasteiger partial charge is 0.372 e. The minimum atomic E-state index is -2.03. The first-order chi connectivity index (χ1) is 16.9. The topological polar surface area (TPSA) is 76.2 Å². The van der Waals surface area contributed by atoms with Crippen LogP contribution in [0.3, 0.4) is 0 Å². The molecule has 35 heavy (non-hydrogen) atoms. The predicted molar refractivity (Wildman–Crippen MR) is 129 cm³/mol. The number of hydrogen-bond donors (Lipinski definition) is 1. The van der Waals surface area contributed by atoms with Crippen LogP contribution in [-0.2, 0) is 30.5 Å². The molecule has 0 aliphatic carbocycles. The predicted octanol–water partition coefficient (Wildman–Crippen LogP) is 3.74. The number of amides is 1. The summed E-state index contributed by atoms with van der Waals surface area (Å²) in [6.07, 6.45) is 3.51. The lowest BCUT2D eigenvalue weighted by Crippen LogP contribution is -2.40. The lowest BCUT2D eigenvalue weighted by Gasteiger charge is -2.22. The first-order valence-corrected chi connectivity index (χ1v) is 11.3. The second kappa shape index (κ2) is 7.89. The van der Waals surface area contributed by atoms with E-state index in [2.05, 4.69) is 10.3 Å². The molecule has 7 nitrogen and oxygen atoms in total. The number of para-hydroxylation sites is 1. The highest BCUT2D eigenvalue weighted by Crippen LogP contribution is 2.47. The smallest absolute Gasteiger partial charge is 0.268 e. The van der Waals surface area contributed by atoms with Crippen molar-refractivity contribution in [3.8, 4) is 0 Å². The molecular weight excluding hydrogens is 445 g/mol. The first-order valence-electron chi connectivity index (χ1n) is 11.3. The molecule has 0 spiro atoms. The second-order valence-corrected chi connectivity index (χ2v) is 8.83. The van der Waals surface area contributed by atoms with Crippen molar-refractivity contribution in [2.24, 2.45) is 7.05 Å². The Morgan fingerprint density at radius 1 is 0.943 bits per heavy atom. The number of aliphatic hydroxyl groups is 1. The molecule has 0 bridgehead atoms. The molecule has 6 rings (SSSR count). The summed E-state index contributed by atoms with van der Waals surface area (Å²) in [6, 6.07) is 21.4. The van der Waals surface area contributed by atoms with Crippen molar-refractivity contribution in [1.29, 1.82) is 0 Å². The number of carbonyl (C=O) groups excluding carboxylic acids is 1. The zero-order valence-corrected chi connectivity index (χ0v) is 19.0. The Balaban J connectivity index is 1.39. The highest BCUT2D eigenvalue weighted by molar-refractivity contribution is 6.11. The molecule has 174 valence electrons. The lowest BCUT2D eigenvalue weighted by atomic mass is 9.87. The van der Waals surface area contributed by atoms with Gasteiger partial charge in [-0.05, 0) is 29.8 Å². The maximum absolute atomic E-state index is 14.4. The average molecular weight is 468 g/mol. The Kier molecular flexibility index (Phi) is 4.79. The quantitative estimate of drug-likeness (QED) is 0.427. The molecule has 3 heterocycles. The second-order valence-electron chi connectivity index (χ2n) is 8.83. The molecule has 0 saturated carbocycles. The molecule has 1 aliphatic heterocycles. The SMILES string of the molecule is Cn1cc([C@]2(O)C(=O)N(Cc3cn(Cc4ccccc4)nn3)c3ccc(F)cc32)c2ccccc21. The summed E-state index contributed by atoms with van der Waals surface area (Å²) in [4.78, 5) is 15.3. The number of rotatable bonds is 5. The minimum Gasteiger partial charge on any atom is -0.372 e. The van der Waals surface area contributed by atoms with Gasteiger partial charge in [0, 0.05) is 35.3 Å². The van der Waals surface area contributed by atoms with Crippen molar-refractivity contribution in [2.45, 2.75) is 18.7 Å². The summed E-state index contributed by atoms with van der Waals surface area (Å²) in [5.41, 5.74) is 1.56. The van der Waals surface area contributed by atoms with Gasteiger partial charge in [-0.2, -0.15) is 0 Å². The van der Waals surface area contributed by atoms with Crippen LogP contribution in [0, 0.1) is 5.82 Å². The van der Waals surface area contributed by atoms with Gasteiger partial charge in [-0.1, -0.05) is 53.7 Å². The number of fused-ring (bicyclic) bond motifs is 2. The molecule has 3 aromatic carbocycles. The fraction of sp³-hybridized carbons (Fsp3) is 0.148. The van der Waals surface area contributed by atoms with E-state index in [1.165, 1.54) is 23.1 Å². The molecule has 0 radical (unpaired) electrons. The maximum atomic E-state index is 14.4. The molecule has 1 amide bonds. The highest BCUT2D eigenvalue weighted by atomic mass is 19.1. The molecule has 1 aliphatic rings. The van der Waals surface area contributed by atoms with E-state index < -0.39 is 17.3 Å². The van der Waals surface area contributed by atoms with E-state index in [0.717, 1.165) is 16.5 Å². The van der Waals surface area contributed by atoms with Crippen LogP contribution >= 0.6 is 0 Å². The van der Waals surface area contributed by atoms with Gasteiger partial charge in [0.1, 0.15) is 11.5 Å². The van der Waals surface area contributed by atoms with Crippen molar-refractivity contribution in [3.05, 3.63) is 113 Å². The van der Waals surface area contributed by atoms with E-state index in [1.54, 1.807) is 17.1 Å². The number of hydrogen-bond acceptors (Lipinski definition) is 4. The molecule has 5 aromatic rings. The van der Waals surface area contributed by atoms with Crippen LogP contribution in [0.5, 0.6) is 0 Å². The summed E-state index contributed by atoms with van der Waals surface area (Å²) in [6.45, 7) is 0.642. The van der Waals surface area contributed by atoms with E-state index in [1.807, 2.05) is 66.2 Å². The van der Waals surface area contributed by atoms with Crippen LogP contribution in [0.15, 0.2) is 85.2 Å². The number of carbonyl (C=O) groups is 1. The van der Waals surface area contributed by atoms with Crippen molar-refractivity contribution in [2.75, 3.05) is 4.90 Å². The van der Waals surface area contributed by atoms with Crippen LogP contribution in [0.2, 0.25) is 0 Å². The number of anilines is 1. The van der Waals surface area contributed by atoms with Crippen LogP contribution in [-0.4, -0.2) is 30.6 Å². The van der Waals surface area contributed by atoms with E-state index >= 15 is 0 Å². The highest BCUT2D eigenvalue weighted by Gasteiger charge is 2.52. The van der Waals surface area contributed by atoms with Gasteiger partial charge in [0.05, 0.1) is 25.0 Å². The van der Waals surface area contributed by atoms with Crippen LogP contribution in [0.1, 0.15) is 22.4 Å². The Hall–Kier alpha value is -4.30. The Morgan fingerprint density at radius 3 is 2.54 bits per heavy atom. The number of aryl methyl sites for hydroxylation is 1. The molecule has 1 N–H and O–H groups in total. The van der Waals surface area contributed by atoms with Crippen molar-refractivity contribution in [3.63, 3.8) is 0 Å². The lowest BCUT2D eigenvalue weighted by molar-refractivity contribution is -0.132. The zero-order chi connectivity index (χ0) is 24.2. The Bertz CT molecular complexity index is 1580. The maximum Gasteiger partial charge on any atom is 0.268 e. The standard InChI is InChI=1S/C27H22FN5O2/c1-31-17-23(21-9-5-6-10-24(21)31)27(35)22-13-19(28)11-12-25(22)33(26(27)34)16-20-15-32(30-29-20)14-18-7-3-2-4-8-18/h2-13,15,17,35H,14,16H2,1H3/t27-/m0/s1. The van der Waals surface area contributed by atoms with Crippen LogP contribution in [0.25, 0.3) is 10.9 Å². The van der Waals surface area contributed by atoms with E-state index in [4.69, 9.17) is 0 Å². The van der Waals surface area contributed by atoms with Gasteiger partial charge in [-0.3, -0.25) is 4.79 Å². The molecular formula is C27H22FN5O2. The normalized spacial score (nSPS) is 17.3. The summed E-state index contributed by atoms with van der Waals surface area (Å²) in [5, 5.41) is 21.1. The van der Waals surface area contributed by atoms with Gasteiger partial charge in [-0.25, -0.2) is 9.07 Å². The van der Waals surface area contributed by atoms with Gasteiger partial charge in [0.2, 0.25) is 0 Å². The average Bonchev–Trinajstić information content (AvgIpc) is 3.51. The molecule has 0 saturated heterocycles. The van der Waals surface area contributed by atoms with E-state index in [0.29, 0.717) is 23.5 Å². The fourth-order valence-corrected chi connectivity index (χ4v) is 4.92. The monoisotopic (exact) mass is 467 g/mol. The van der Waals surface area contributed by atoms with Gasteiger partial charge in [-0.15, -0.1) is 5.10 Å². The number of nitrogens with zero attached hydrogens (tertiary/aromatic N) is 5. The third-order valence-electron chi connectivity index (χ3n) is 6.57. The van der Waals surface area contributed by atoms with Gasteiger partial charge in [0.25, 0.3) is 5.91 Å². The Morgan fingerprint density at radius 2 is 1.71 bits per heavy atom. The molecule has 8 heteroatoms. The van der Waals surface area contributed by atoms with Crippen molar-refractivity contribution >= 4 is 22.5 Å². The molecule has 1 atom stereocenters. The Labute approximate surface area is 200 Å². The van der Waals surface area contributed by atoms with Gasteiger partial charge >= 0.3 is 0 Å². The summed E-state index contributed by atoms with van der Waals surface area (Å²) in [5.74, 6) is -1.07. The number of aromatic nitrogens is 4. The number of benzene rings is 3. The first kappa shape index (κ1) is 21.2. The molecule has 0 unspecified atom stereocenters. The fourth-order valence-electron chi connectivity index (χ4n) is 4.92. The van der Waals surface area contributed by atoms with Gasteiger partial charge in [0.15, 0.2) is 5.60 Å². The van der Waals surface area contributed by atoms with Crippen LogP contribution in [0.4, 0.5) is 10.1 Å². The molecule has 2 aromatic heterocycles. The summed E-state index contributed by atoms with van der Waals surface area (Å²) < 4.78 is 17.9. The molecule has 0 fully saturated rings.